The van der Waals surface area contributed by atoms with Crippen molar-refractivity contribution in [3.05, 3.63) is 23.8 Å². The first-order valence-electron chi connectivity index (χ1n) is 7.41. The van der Waals surface area contributed by atoms with Crippen LogP contribution in [0.4, 0.5) is 5.69 Å². The minimum atomic E-state index is -3.41. The van der Waals surface area contributed by atoms with Crippen LogP contribution in [-0.2, 0) is 16.4 Å². The molecule has 4 nitrogen and oxygen atoms in total. The third kappa shape index (κ3) is 3.73. The third-order valence-electron chi connectivity index (χ3n) is 4.00. The van der Waals surface area contributed by atoms with E-state index < -0.39 is 10.0 Å². The first kappa shape index (κ1) is 15.3. The standard InChI is InChI=1S/C15H24N2O2S/c1-2-17-20(18,19)14-9-8-13(15(16)11-14)10-12-6-4-3-5-7-12/h8-9,11-12,17H,2-7,10,16H2,1H3. The predicted octanol–water partition coefficient (Wildman–Crippen LogP) is 2.69. The van der Waals surface area contributed by atoms with Crippen molar-refractivity contribution < 1.29 is 8.42 Å². The van der Waals surface area contributed by atoms with Gasteiger partial charge in [0.15, 0.2) is 0 Å². The van der Waals surface area contributed by atoms with Gasteiger partial charge in [-0.15, -0.1) is 0 Å². The number of hydrogen-bond donors (Lipinski definition) is 2. The third-order valence-corrected chi connectivity index (χ3v) is 5.54. The summed E-state index contributed by atoms with van der Waals surface area (Å²) in [4.78, 5) is 0.254. The van der Waals surface area contributed by atoms with Crippen LogP contribution in [0.2, 0.25) is 0 Å². The zero-order chi connectivity index (χ0) is 14.6. The van der Waals surface area contributed by atoms with Gasteiger partial charge in [0.05, 0.1) is 4.90 Å². The minimum absolute atomic E-state index is 0.254. The molecule has 0 unspecified atom stereocenters. The first-order chi connectivity index (χ1) is 9.53. The van der Waals surface area contributed by atoms with Gasteiger partial charge in [-0.1, -0.05) is 45.1 Å². The van der Waals surface area contributed by atoms with Crippen LogP contribution < -0.4 is 10.5 Å². The fourth-order valence-corrected chi connectivity index (χ4v) is 3.98. The van der Waals surface area contributed by atoms with Crippen molar-refractivity contribution >= 4 is 15.7 Å². The van der Waals surface area contributed by atoms with Crippen molar-refractivity contribution in [1.82, 2.24) is 4.72 Å². The summed E-state index contributed by atoms with van der Waals surface area (Å²) in [5.74, 6) is 0.697. The molecule has 0 aliphatic heterocycles. The van der Waals surface area contributed by atoms with Crippen LogP contribution in [0.5, 0.6) is 0 Å². The van der Waals surface area contributed by atoms with Crippen LogP contribution in [0.25, 0.3) is 0 Å². The maximum Gasteiger partial charge on any atom is 0.240 e. The molecule has 0 bridgehead atoms. The van der Waals surface area contributed by atoms with Crippen LogP contribution in [0.3, 0.4) is 0 Å². The molecule has 0 atom stereocenters. The highest BCUT2D eigenvalue weighted by molar-refractivity contribution is 7.89. The van der Waals surface area contributed by atoms with E-state index in [-0.39, 0.29) is 4.90 Å². The number of benzene rings is 1. The van der Waals surface area contributed by atoms with Crippen LogP contribution in [-0.4, -0.2) is 15.0 Å². The van der Waals surface area contributed by atoms with Crippen molar-refractivity contribution in [3.8, 4) is 0 Å². The van der Waals surface area contributed by atoms with Crippen LogP contribution in [0.15, 0.2) is 23.1 Å². The van der Waals surface area contributed by atoms with Gasteiger partial charge >= 0.3 is 0 Å². The Hall–Kier alpha value is -1.07. The van der Waals surface area contributed by atoms with E-state index in [1.165, 1.54) is 32.1 Å². The van der Waals surface area contributed by atoms with E-state index in [9.17, 15) is 8.42 Å². The minimum Gasteiger partial charge on any atom is -0.398 e. The highest BCUT2D eigenvalue weighted by Crippen LogP contribution is 2.29. The average molecular weight is 296 g/mol. The molecule has 1 aromatic rings. The highest BCUT2D eigenvalue weighted by Gasteiger charge is 2.17. The second kappa shape index (κ2) is 6.59. The summed E-state index contributed by atoms with van der Waals surface area (Å²) in [5.41, 5.74) is 7.71. The van der Waals surface area contributed by atoms with Crippen LogP contribution in [0.1, 0.15) is 44.6 Å². The Kier molecular flexibility index (Phi) is 5.05. The normalized spacial score (nSPS) is 17.2. The second-order valence-electron chi connectivity index (χ2n) is 5.57. The molecule has 20 heavy (non-hydrogen) atoms. The van der Waals surface area contributed by atoms with Crippen molar-refractivity contribution in [3.63, 3.8) is 0 Å². The molecule has 1 fully saturated rings. The molecule has 0 radical (unpaired) electrons. The molecule has 0 heterocycles. The number of nitrogens with one attached hydrogen (secondary N) is 1. The van der Waals surface area contributed by atoms with E-state index in [0.29, 0.717) is 18.2 Å². The number of nitrogens with two attached hydrogens (primary N) is 1. The molecule has 5 heteroatoms. The van der Waals surface area contributed by atoms with E-state index in [0.717, 1.165) is 12.0 Å². The van der Waals surface area contributed by atoms with Gasteiger partial charge in [0.25, 0.3) is 0 Å². The van der Waals surface area contributed by atoms with Gasteiger partial charge in [-0.2, -0.15) is 0 Å². The van der Waals surface area contributed by atoms with E-state index in [4.69, 9.17) is 5.73 Å². The fourth-order valence-electron chi connectivity index (χ4n) is 2.90. The maximum absolute atomic E-state index is 11.9. The van der Waals surface area contributed by atoms with E-state index in [1.807, 2.05) is 6.07 Å². The number of anilines is 1. The van der Waals surface area contributed by atoms with Gasteiger partial charge in [0, 0.05) is 12.2 Å². The number of nitrogen functional groups attached to an aromatic ring is 1. The van der Waals surface area contributed by atoms with Gasteiger partial charge < -0.3 is 5.73 Å². The van der Waals surface area contributed by atoms with Crippen molar-refractivity contribution in [2.24, 2.45) is 5.92 Å². The summed E-state index contributed by atoms with van der Waals surface area (Å²) >= 11 is 0. The van der Waals surface area contributed by atoms with Gasteiger partial charge in [-0.25, -0.2) is 13.1 Å². The van der Waals surface area contributed by atoms with E-state index in [2.05, 4.69) is 4.72 Å². The molecule has 2 rings (SSSR count). The van der Waals surface area contributed by atoms with Gasteiger partial charge in [-0.3, -0.25) is 0 Å². The summed E-state index contributed by atoms with van der Waals surface area (Å²) < 4.78 is 26.3. The van der Waals surface area contributed by atoms with Gasteiger partial charge in [-0.05, 0) is 30.0 Å². The van der Waals surface area contributed by atoms with Crippen molar-refractivity contribution in [2.45, 2.75) is 50.3 Å². The summed E-state index contributed by atoms with van der Waals surface area (Å²) in [7, 11) is -3.41. The number of hydrogen-bond acceptors (Lipinski definition) is 3. The molecule has 0 aromatic heterocycles. The van der Waals surface area contributed by atoms with Crippen LogP contribution >= 0.6 is 0 Å². The highest BCUT2D eigenvalue weighted by atomic mass is 32.2. The molecule has 1 aliphatic rings. The molecule has 3 N–H and O–H groups in total. The lowest BCUT2D eigenvalue weighted by Gasteiger charge is -2.22. The zero-order valence-corrected chi connectivity index (χ0v) is 12.9. The molecule has 112 valence electrons. The van der Waals surface area contributed by atoms with Crippen molar-refractivity contribution in [2.75, 3.05) is 12.3 Å². The quantitative estimate of drug-likeness (QED) is 0.821. The second-order valence-corrected chi connectivity index (χ2v) is 7.34. The molecule has 1 aromatic carbocycles. The monoisotopic (exact) mass is 296 g/mol. The van der Waals surface area contributed by atoms with E-state index in [1.54, 1.807) is 19.1 Å². The Bertz CT molecular complexity index is 549. The smallest absolute Gasteiger partial charge is 0.240 e. The SMILES string of the molecule is CCNS(=O)(=O)c1ccc(CC2CCCCC2)c(N)c1. The maximum atomic E-state index is 11.9. The average Bonchev–Trinajstić information content (AvgIpc) is 2.42. The Balaban J connectivity index is 2.13. The van der Waals surface area contributed by atoms with Crippen molar-refractivity contribution in [1.29, 1.82) is 0 Å². The summed E-state index contributed by atoms with van der Waals surface area (Å²) in [6.07, 6.45) is 7.43. The lowest BCUT2D eigenvalue weighted by atomic mass is 9.84. The van der Waals surface area contributed by atoms with Gasteiger partial charge in [0.2, 0.25) is 10.0 Å². The van der Waals surface area contributed by atoms with Gasteiger partial charge in [0.1, 0.15) is 0 Å². The molecule has 0 spiro atoms. The lowest BCUT2D eigenvalue weighted by molar-refractivity contribution is 0.357. The lowest BCUT2D eigenvalue weighted by Crippen LogP contribution is -2.23. The number of rotatable bonds is 5. The predicted molar refractivity (Wildman–Crippen MR) is 82.0 cm³/mol. The largest absolute Gasteiger partial charge is 0.398 e. The topological polar surface area (TPSA) is 72.2 Å². The molecule has 1 aliphatic carbocycles. The first-order valence-corrected chi connectivity index (χ1v) is 8.89. The fraction of sp³-hybridized carbons (Fsp3) is 0.600. The zero-order valence-electron chi connectivity index (χ0n) is 12.1. The molecular formula is C15H24N2O2S. The Morgan fingerprint density at radius 1 is 1.25 bits per heavy atom. The molecular weight excluding hydrogens is 272 g/mol. The molecule has 0 saturated heterocycles. The Morgan fingerprint density at radius 2 is 1.95 bits per heavy atom. The van der Waals surface area contributed by atoms with E-state index >= 15 is 0 Å². The van der Waals surface area contributed by atoms with Crippen LogP contribution in [0, 0.1) is 5.92 Å². The summed E-state index contributed by atoms with van der Waals surface area (Å²) in [5, 5.41) is 0. The number of sulfonamides is 1. The Labute approximate surface area is 121 Å². The summed E-state index contributed by atoms with van der Waals surface area (Å²) in [6, 6.07) is 5.11. The Morgan fingerprint density at radius 3 is 2.55 bits per heavy atom. The summed E-state index contributed by atoms with van der Waals surface area (Å²) in [6.45, 7) is 2.14. The molecule has 0 amide bonds. The molecule has 1 saturated carbocycles.